The number of benzene rings is 2. The second-order valence-corrected chi connectivity index (χ2v) is 9.56. The molecule has 0 spiro atoms. The Bertz CT molecular complexity index is 1330. The Morgan fingerprint density at radius 1 is 1.10 bits per heavy atom. The Kier molecular flexibility index (Phi) is 5.70. The van der Waals surface area contributed by atoms with E-state index in [1.54, 1.807) is 53.5 Å². The molecule has 9 heteroatoms. The van der Waals surface area contributed by atoms with Gasteiger partial charge in [-0.15, -0.1) is 0 Å². The summed E-state index contributed by atoms with van der Waals surface area (Å²) >= 11 is 6.21. The van der Waals surface area contributed by atoms with E-state index >= 15 is 0 Å². The molecule has 2 aromatic heterocycles. The van der Waals surface area contributed by atoms with Gasteiger partial charge in [-0.25, -0.2) is 13.1 Å². The zero-order chi connectivity index (χ0) is 22.2. The number of hydrogen-bond donors (Lipinski definition) is 1. The summed E-state index contributed by atoms with van der Waals surface area (Å²) in [4.78, 5) is 6.51. The van der Waals surface area contributed by atoms with E-state index in [0.717, 1.165) is 11.1 Å². The molecule has 31 heavy (non-hydrogen) atoms. The monoisotopic (exact) mass is 455 g/mol. The van der Waals surface area contributed by atoms with Gasteiger partial charge in [-0.05, 0) is 69.0 Å². The highest BCUT2D eigenvalue weighted by molar-refractivity contribution is 7.92. The SMILES string of the molecule is CC(c1ccc(S(=O)(=O)Nc2ccc(Cl)cc2-n2ncc3ncccc32)cc1)N(C)C. The number of pyridine rings is 1. The van der Waals surface area contributed by atoms with Crippen LogP contribution in [-0.2, 0) is 10.0 Å². The minimum atomic E-state index is -3.82. The Morgan fingerprint density at radius 2 is 1.84 bits per heavy atom. The highest BCUT2D eigenvalue weighted by Crippen LogP contribution is 2.29. The highest BCUT2D eigenvalue weighted by Gasteiger charge is 2.19. The van der Waals surface area contributed by atoms with E-state index in [9.17, 15) is 8.42 Å². The summed E-state index contributed by atoms with van der Waals surface area (Å²) in [6, 6.07) is 15.6. The lowest BCUT2D eigenvalue weighted by Gasteiger charge is -2.20. The summed E-state index contributed by atoms with van der Waals surface area (Å²) in [5.74, 6) is 0. The molecule has 4 aromatic rings. The lowest BCUT2D eigenvalue weighted by Crippen LogP contribution is -2.17. The first-order valence-electron chi connectivity index (χ1n) is 9.64. The van der Waals surface area contributed by atoms with Crippen LogP contribution in [0.1, 0.15) is 18.5 Å². The fraction of sp³-hybridized carbons (Fsp3) is 0.182. The summed E-state index contributed by atoms with van der Waals surface area (Å²) < 4.78 is 30.5. The van der Waals surface area contributed by atoms with Crippen molar-refractivity contribution in [3.05, 3.63) is 77.6 Å². The van der Waals surface area contributed by atoms with Gasteiger partial charge in [0.05, 0.1) is 28.0 Å². The Balaban J connectivity index is 1.71. The smallest absolute Gasteiger partial charge is 0.261 e. The average molecular weight is 456 g/mol. The van der Waals surface area contributed by atoms with Crippen molar-refractivity contribution in [2.45, 2.75) is 17.9 Å². The molecule has 0 amide bonds. The largest absolute Gasteiger partial charge is 0.303 e. The average Bonchev–Trinajstić information content (AvgIpc) is 3.18. The summed E-state index contributed by atoms with van der Waals surface area (Å²) in [7, 11) is 0.140. The summed E-state index contributed by atoms with van der Waals surface area (Å²) in [5, 5.41) is 4.84. The van der Waals surface area contributed by atoms with Gasteiger partial charge in [0.1, 0.15) is 5.52 Å². The number of rotatable bonds is 6. The first-order chi connectivity index (χ1) is 14.8. The second kappa shape index (κ2) is 8.30. The fourth-order valence-corrected chi connectivity index (χ4v) is 4.49. The number of fused-ring (bicyclic) bond motifs is 1. The third-order valence-electron chi connectivity index (χ3n) is 5.22. The van der Waals surface area contributed by atoms with Crippen molar-refractivity contribution in [3.8, 4) is 5.69 Å². The molecule has 0 fully saturated rings. The number of aromatic nitrogens is 3. The maximum absolute atomic E-state index is 13.1. The Hall–Kier alpha value is -2.94. The van der Waals surface area contributed by atoms with Crippen molar-refractivity contribution in [1.29, 1.82) is 0 Å². The zero-order valence-electron chi connectivity index (χ0n) is 17.3. The van der Waals surface area contributed by atoms with Crippen LogP contribution in [0, 0.1) is 0 Å². The maximum Gasteiger partial charge on any atom is 0.261 e. The fourth-order valence-electron chi connectivity index (χ4n) is 3.25. The van der Waals surface area contributed by atoms with Crippen LogP contribution < -0.4 is 4.72 Å². The molecular weight excluding hydrogens is 434 g/mol. The molecule has 0 aliphatic carbocycles. The standard InChI is InChI=1S/C22H22ClN5O2S/c1-15(27(2)3)16-6-9-18(10-7-16)31(29,30)26-19-11-8-17(23)13-22(19)28-21-5-4-12-24-20(21)14-25-28/h4-15,26H,1-3H3. The topological polar surface area (TPSA) is 80.1 Å². The van der Waals surface area contributed by atoms with Gasteiger partial charge in [0.15, 0.2) is 0 Å². The van der Waals surface area contributed by atoms with Crippen LogP contribution in [0.5, 0.6) is 0 Å². The maximum atomic E-state index is 13.1. The first kappa shape index (κ1) is 21.3. The van der Waals surface area contributed by atoms with Crippen molar-refractivity contribution in [3.63, 3.8) is 0 Å². The third kappa shape index (κ3) is 4.27. The molecule has 1 atom stereocenters. The molecule has 0 saturated heterocycles. The number of halogens is 1. The molecule has 1 N–H and O–H groups in total. The Morgan fingerprint density at radius 3 is 2.55 bits per heavy atom. The van der Waals surface area contributed by atoms with E-state index in [2.05, 4.69) is 26.6 Å². The van der Waals surface area contributed by atoms with Gasteiger partial charge in [-0.1, -0.05) is 23.7 Å². The van der Waals surface area contributed by atoms with E-state index < -0.39 is 10.0 Å². The molecule has 0 aliphatic heterocycles. The first-order valence-corrected chi connectivity index (χ1v) is 11.5. The molecule has 0 bridgehead atoms. The third-order valence-corrected chi connectivity index (χ3v) is 6.84. The van der Waals surface area contributed by atoms with Gasteiger partial charge in [0.25, 0.3) is 10.0 Å². The van der Waals surface area contributed by atoms with Crippen molar-refractivity contribution in [2.24, 2.45) is 0 Å². The van der Waals surface area contributed by atoms with Crippen molar-refractivity contribution in [2.75, 3.05) is 18.8 Å². The zero-order valence-corrected chi connectivity index (χ0v) is 18.9. The molecule has 2 heterocycles. The van der Waals surface area contributed by atoms with Crippen LogP contribution in [0.3, 0.4) is 0 Å². The van der Waals surface area contributed by atoms with Crippen molar-refractivity contribution < 1.29 is 8.42 Å². The lowest BCUT2D eigenvalue weighted by atomic mass is 10.1. The molecule has 0 saturated carbocycles. The number of nitrogens with zero attached hydrogens (tertiary/aromatic N) is 4. The molecule has 2 aromatic carbocycles. The quantitative estimate of drug-likeness (QED) is 0.463. The summed E-state index contributed by atoms with van der Waals surface area (Å²) in [5.41, 5.74) is 3.35. The minimum absolute atomic E-state index is 0.175. The predicted octanol–water partition coefficient (Wildman–Crippen LogP) is 4.50. The number of anilines is 1. The van der Waals surface area contributed by atoms with Gasteiger partial charge < -0.3 is 4.90 Å². The lowest BCUT2D eigenvalue weighted by molar-refractivity contribution is 0.321. The van der Waals surface area contributed by atoms with Gasteiger partial charge in [0, 0.05) is 17.3 Å². The molecule has 160 valence electrons. The van der Waals surface area contributed by atoms with Crippen LogP contribution in [0.15, 0.2) is 71.9 Å². The minimum Gasteiger partial charge on any atom is -0.303 e. The van der Waals surface area contributed by atoms with Gasteiger partial charge in [0.2, 0.25) is 0 Å². The van der Waals surface area contributed by atoms with Crippen LogP contribution in [0.4, 0.5) is 5.69 Å². The summed E-state index contributed by atoms with van der Waals surface area (Å²) in [6.07, 6.45) is 3.30. The van der Waals surface area contributed by atoms with Crippen molar-refractivity contribution >= 4 is 38.3 Å². The van der Waals surface area contributed by atoms with E-state index in [1.165, 1.54) is 0 Å². The molecular formula is C22H22ClN5O2S. The molecule has 0 aliphatic rings. The van der Waals surface area contributed by atoms with E-state index in [4.69, 9.17) is 11.6 Å². The predicted molar refractivity (Wildman–Crippen MR) is 123 cm³/mol. The van der Waals surface area contributed by atoms with Crippen LogP contribution in [-0.4, -0.2) is 42.2 Å². The van der Waals surface area contributed by atoms with Crippen molar-refractivity contribution in [1.82, 2.24) is 19.7 Å². The van der Waals surface area contributed by atoms with Gasteiger partial charge >= 0.3 is 0 Å². The molecule has 1 unspecified atom stereocenters. The van der Waals surface area contributed by atoms with Gasteiger partial charge in [-0.2, -0.15) is 5.10 Å². The van der Waals surface area contributed by atoms with E-state index in [0.29, 0.717) is 21.9 Å². The second-order valence-electron chi connectivity index (χ2n) is 7.44. The number of hydrogen-bond acceptors (Lipinski definition) is 5. The highest BCUT2D eigenvalue weighted by atomic mass is 35.5. The Labute approximate surface area is 186 Å². The summed E-state index contributed by atoms with van der Waals surface area (Å²) in [6.45, 7) is 2.06. The van der Waals surface area contributed by atoms with Crippen LogP contribution >= 0.6 is 11.6 Å². The molecule has 0 radical (unpaired) electrons. The molecule has 7 nitrogen and oxygen atoms in total. The van der Waals surface area contributed by atoms with E-state index in [1.807, 2.05) is 32.3 Å². The number of sulfonamides is 1. The van der Waals surface area contributed by atoms with Gasteiger partial charge in [-0.3, -0.25) is 9.71 Å². The molecule has 4 rings (SSSR count). The normalized spacial score (nSPS) is 12.9. The van der Waals surface area contributed by atoms with Crippen LogP contribution in [0.25, 0.3) is 16.7 Å². The van der Waals surface area contributed by atoms with E-state index in [-0.39, 0.29) is 10.9 Å². The number of nitrogens with one attached hydrogen (secondary N) is 1. The van der Waals surface area contributed by atoms with Crippen LogP contribution in [0.2, 0.25) is 5.02 Å².